The Hall–Kier alpha value is -0.0300. The number of nitroso groups, excluding NO2 is 1. The number of oxime groups is 1. The molecule has 0 fully saturated rings. The van der Waals surface area contributed by atoms with Crippen LogP contribution in [0.15, 0.2) is 33.7 Å². The maximum Gasteiger partial charge on any atom is 1.00 e. The van der Waals surface area contributed by atoms with Gasteiger partial charge in [-0.1, -0.05) is 12.1 Å². The zero-order valence-corrected chi connectivity index (χ0v) is 16.4. The molecule has 0 bridgehead atoms. The molecule has 0 unspecified atom stereocenters. The molecular formula is C9H12N4Na2O4S+2. The molecule has 0 saturated heterocycles. The van der Waals surface area contributed by atoms with Crippen molar-refractivity contribution in [1.29, 1.82) is 0 Å². The summed E-state index contributed by atoms with van der Waals surface area (Å²) in [6.45, 7) is 1.77. The van der Waals surface area contributed by atoms with Crippen LogP contribution in [-0.2, 0) is 9.84 Å². The smallest absolute Gasteiger partial charge is 0.410 e. The van der Waals surface area contributed by atoms with Crippen molar-refractivity contribution >= 4 is 20.7 Å². The molecule has 0 saturated carbocycles. The molecule has 0 atom stereocenters. The monoisotopic (exact) mass is 318 g/mol. The molecule has 0 amide bonds. The number of nitrogens with one attached hydrogen (secondary N) is 1. The average Bonchev–Trinajstić information content (AvgIpc) is 2.36. The largest absolute Gasteiger partial charge is 1.00 e. The van der Waals surface area contributed by atoms with E-state index in [1.165, 1.54) is 12.1 Å². The van der Waals surface area contributed by atoms with Crippen LogP contribution >= 0.6 is 0 Å². The Balaban J connectivity index is 0. The SMILES string of the molecule is CCC/C(=N/O)S(=O)(=O)c1ccc(NN=O)nc1.[Na+].[Na+]. The molecule has 0 aliphatic carbocycles. The van der Waals surface area contributed by atoms with Crippen molar-refractivity contribution < 1.29 is 72.7 Å². The van der Waals surface area contributed by atoms with Gasteiger partial charge in [0.15, 0.2) is 5.04 Å². The Morgan fingerprint density at radius 3 is 2.45 bits per heavy atom. The first-order valence-electron chi connectivity index (χ1n) is 5.06. The Kier molecular flexibility index (Phi) is 11.9. The van der Waals surface area contributed by atoms with E-state index in [2.05, 4.69) is 15.4 Å². The summed E-state index contributed by atoms with van der Waals surface area (Å²) >= 11 is 0. The fraction of sp³-hybridized carbons (Fsp3) is 0.333. The standard InChI is InChI=1S/C9H12N4O4S.2Na/c1-2-3-9(12-14)18(16,17)7-4-5-8(10-6-7)11-13-15;;/h4-6,14H,2-3H2,1H3,(H,10,11,15);;/q;2*+1/b12-9-;;. The molecule has 1 rings (SSSR count). The fourth-order valence-electron chi connectivity index (χ4n) is 1.24. The normalized spacial score (nSPS) is 10.9. The van der Waals surface area contributed by atoms with Crippen LogP contribution in [0.5, 0.6) is 0 Å². The van der Waals surface area contributed by atoms with Gasteiger partial charge in [0.05, 0.1) is 10.2 Å². The second-order valence-electron chi connectivity index (χ2n) is 3.33. The van der Waals surface area contributed by atoms with Gasteiger partial charge in [0, 0.05) is 12.6 Å². The van der Waals surface area contributed by atoms with Crippen LogP contribution < -0.4 is 64.5 Å². The molecule has 98 valence electrons. The maximum atomic E-state index is 12.0. The summed E-state index contributed by atoms with van der Waals surface area (Å²) in [7, 11) is -3.84. The van der Waals surface area contributed by atoms with Crippen LogP contribution in [0, 0.1) is 4.91 Å². The third-order valence-corrected chi connectivity index (χ3v) is 3.86. The molecule has 0 aliphatic heterocycles. The Labute approximate surface area is 160 Å². The molecule has 0 aromatic carbocycles. The Morgan fingerprint density at radius 1 is 1.40 bits per heavy atom. The summed E-state index contributed by atoms with van der Waals surface area (Å²) in [6, 6.07) is 2.53. The van der Waals surface area contributed by atoms with Gasteiger partial charge < -0.3 is 5.21 Å². The van der Waals surface area contributed by atoms with Gasteiger partial charge in [0.1, 0.15) is 5.82 Å². The van der Waals surface area contributed by atoms with Crippen LogP contribution in [0.1, 0.15) is 19.8 Å². The summed E-state index contributed by atoms with van der Waals surface area (Å²) in [5, 5.41) is 13.6. The van der Waals surface area contributed by atoms with Crippen LogP contribution in [-0.4, -0.2) is 23.7 Å². The number of aromatic nitrogens is 1. The first-order valence-corrected chi connectivity index (χ1v) is 6.55. The zero-order valence-electron chi connectivity index (χ0n) is 11.6. The van der Waals surface area contributed by atoms with Crippen LogP contribution in [0.25, 0.3) is 0 Å². The van der Waals surface area contributed by atoms with Crippen molar-refractivity contribution in [2.75, 3.05) is 5.43 Å². The number of hydrogen-bond donors (Lipinski definition) is 2. The molecule has 0 spiro atoms. The molecule has 20 heavy (non-hydrogen) atoms. The van der Waals surface area contributed by atoms with Gasteiger partial charge in [0.2, 0.25) is 9.84 Å². The van der Waals surface area contributed by atoms with E-state index in [1.807, 2.05) is 5.43 Å². The van der Waals surface area contributed by atoms with Gasteiger partial charge in [-0.15, -0.1) is 4.91 Å². The number of pyridine rings is 1. The van der Waals surface area contributed by atoms with Crippen molar-refractivity contribution in [1.82, 2.24) is 4.98 Å². The summed E-state index contributed by atoms with van der Waals surface area (Å²) < 4.78 is 24.0. The summed E-state index contributed by atoms with van der Waals surface area (Å²) in [5.41, 5.74) is 2.04. The molecule has 0 radical (unpaired) electrons. The van der Waals surface area contributed by atoms with Crippen LogP contribution in [0.3, 0.4) is 0 Å². The minimum Gasteiger partial charge on any atom is -0.410 e. The molecule has 0 aliphatic rings. The van der Waals surface area contributed by atoms with Gasteiger partial charge in [-0.05, 0) is 18.6 Å². The second kappa shape index (κ2) is 10.7. The van der Waals surface area contributed by atoms with Crippen molar-refractivity contribution in [2.24, 2.45) is 10.4 Å². The van der Waals surface area contributed by atoms with E-state index < -0.39 is 9.84 Å². The average molecular weight is 318 g/mol. The van der Waals surface area contributed by atoms with E-state index >= 15 is 0 Å². The summed E-state index contributed by atoms with van der Waals surface area (Å²) in [5.74, 6) is 0.127. The minimum absolute atomic E-state index is 0. The van der Waals surface area contributed by atoms with Gasteiger partial charge >= 0.3 is 59.1 Å². The van der Waals surface area contributed by atoms with E-state index in [0.717, 1.165) is 6.20 Å². The topological polar surface area (TPSA) is 121 Å². The van der Waals surface area contributed by atoms with Crippen molar-refractivity contribution in [3.8, 4) is 0 Å². The first kappa shape index (κ1) is 22.3. The fourth-order valence-corrected chi connectivity index (χ4v) is 2.53. The second-order valence-corrected chi connectivity index (χ2v) is 5.28. The minimum atomic E-state index is -3.84. The Bertz CT molecular complexity index is 548. The molecular weight excluding hydrogens is 306 g/mol. The number of sulfone groups is 1. The number of rotatable bonds is 5. The van der Waals surface area contributed by atoms with E-state index in [1.54, 1.807) is 6.92 Å². The third kappa shape index (κ3) is 5.76. The molecule has 1 aromatic rings. The molecule has 2 N–H and O–H groups in total. The molecule has 11 heteroatoms. The van der Waals surface area contributed by atoms with Crippen LogP contribution in [0.2, 0.25) is 0 Å². The first-order chi connectivity index (χ1) is 8.56. The van der Waals surface area contributed by atoms with Crippen molar-refractivity contribution in [2.45, 2.75) is 24.7 Å². The van der Waals surface area contributed by atoms with Crippen molar-refractivity contribution in [3.63, 3.8) is 0 Å². The third-order valence-electron chi connectivity index (χ3n) is 2.09. The van der Waals surface area contributed by atoms with E-state index in [9.17, 15) is 13.3 Å². The predicted molar refractivity (Wildman–Crippen MR) is 65.0 cm³/mol. The van der Waals surface area contributed by atoms with Gasteiger partial charge in [-0.25, -0.2) is 18.8 Å². The van der Waals surface area contributed by atoms with E-state index in [4.69, 9.17) is 5.21 Å². The van der Waals surface area contributed by atoms with Gasteiger partial charge in [-0.2, -0.15) is 0 Å². The number of hydrogen-bond acceptors (Lipinski definition) is 7. The summed E-state index contributed by atoms with van der Waals surface area (Å²) in [4.78, 5) is 13.5. The van der Waals surface area contributed by atoms with Gasteiger partial charge in [0.25, 0.3) is 0 Å². The molecule has 1 aromatic heterocycles. The van der Waals surface area contributed by atoms with Gasteiger partial charge in [-0.3, -0.25) is 0 Å². The molecule has 8 nitrogen and oxygen atoms in total. The maximum absolute atomic E-state index is 12.0. The molecule has 1 heterocycles. The van der Waals surface area contributed by atoms with Crippen LogP contribution in [0.4, 0.5) is 5.82 Å². The quantitative estimate of drug-likeness (QED) is 0.141. The van der Waals surface area contributed by atoms with Crippen molar-refractivity contribution in [3.05, 3.63) is 23.2 Å². The zero-order chi connectivity index (χ0) is 13.6. The predicted octanol–water partition coefficient (Wildman–Crippen LogP) is -4.46. The number of nitrogens with zero attached hydrogens (tertiary/aromatic N) is 3. The summed E-state index contributed by atoms with van der Waals surface area (Å²) in [6.07, 6.45) is 1.72. The number of anilines is 1. The van der Waals surface area contributed by atoms with E-state index in [-0.39, 0.29) is 81.3 Å². The van der Waals surface area contributed by atoms with E-state index in [0.29, 0.717) is 6.42 Å². The Morgan fingerprint density at radius 2 is 2.05 bits per heavy atom.